The van der Waals surface area contributed by atoms with Gasteiger partial charge in [-0.05, 0) is 81.8 Å². The van der Waals surface area contributed by atoms with Crippen molar-refractivity contribution in [1.29, 1.82) is 0 Å². The predicted octanol–water partition coefficient (Wildman–Crippen LogP) is 5.70. The SMILES string of the molecule is Cc1cc(C(=O)Nc2cccc(C(=O)c3ccc4c(c3)NC(=O)C4C=Nc3ccc(N4CCOCC4)cc3)c2)n(C(C)(C)C)n1. The first-order chi connectivity index (χ1) is 21.6. The van der Waals surface area contributed by atoms with Gasteiger partial charge in [0.1, 0.15) is 11.6 Å². The summed E-state index contributed by atoms with van der Waals surface area (Å²) in [6.07, 6.45) is 1.64. The number of hydrogen-bond donors (Lipinski definition) is 2. The molecule has 1 atom stereocenters. The van der Waals surface area contributed by atoms with Crippen LogP contribution in [0.25, 0.3) is 0 Å². The molecule has 1 aromatic heterocycles. The summed E-state index contributed by atoms with van der Waals surface area (Å²) in [5.74, 6) is -1.29. The molecule has 1 saturated heterocycles. The first-order valence-corrected chi connectivity index (χ1v) is 15.0. The number of carbonyl (C=O) groups excluding carboxylic acids is 3. The molecule has 10 heteroatoms. The Morgan fingerprint density at radius 3 is 2.47 bits per heavy atom. The fourth-order valence-corrected chi connectivity index (χ4v) is 5.58. The molecule has 2 aliphatic heterocycles. The van der Waals surface area contributed by atoms with Crippen LogP contribution in [-0.4, -0.2) is 59.9 Å². The van der Waals surface area contributed by atoms with Gasteiger partial charge in [0.15, 0.2) is 5.78 Å². The van der Waals surface area contributed by atoms with Gasteiger partial charge in [0.05, 0.1) is 30.1 Å². The van der Waals surface area contributed by atoms with E-state index in [1.54, 1.807) is 59.4 Å². The minimum Gasteiger partial charge on any atom is -0.378 e. The fraction of sp³-hybridized carbons (Fsp3) is 0.286. The lowest BCUT2D eigenvalue weighted by molar-refractivity contribution is -0.115. The van der Waals surface area contributed by atoms with Crippen molar-refractivity contribution in [3.05, 3.63) is 101 Å². The van der Waals surface area contributed by atoms with Crippen LogP contribution >= 0.6 is 0 Å². The number of amides is 2. The van der Waals surface area contributed by atoms with E-state index >= 15 is 0 Å². The summed E-state index contributed by atoms with van der Waals surface area (Å²) in [7, 11) is 0. The average Bonchev–Trinajstić information content (AvgIpc) is 3.59. The fourth-order valence-electron chi connectivity index (χ4n) is 5.58. The van der Waals surface area contributed by atoms with Gasteiger partial charge in [-0.15, -0.1) is 0 Å². The molecular weight excluding hydrogens is 568 g/mol. The normalized spacial score (nSPS) is 16.5. The van der Waals surface area contributed by atoms with Crippen molar-refractivity contribution in [2.45, 2.75) is 39.2 Å². The summed E-state index contributed by atoms with van der Waals surface area (Å²) in [6.45, 7) is 11.0. The number of hydrogen-bond acceptors (Lipinski definition) is 7. The molecule has 4 aromatic rings. The first-order valence-electron chi connectivity index (χ1n) is 15.0. The molecule has 3 aromatic carbocycles. The van der Waals surface area contributed by atoms with Crippen molar-refractivity contribution in [2.24, 2.45) is 4.99 Å². The third-order valence-electron chi connectivity index (χ3n) is 7.87. The molecule has 0 aliphatic carbocycles. The Kier molecular flexibility index (Phi) is 8.07. The van der Waals surface area contributed by atoms with E-state index in [0.717, 1.165) is 48.9 Å². The van der Waals surface area contributed by atoms with E-state index in [1.807, 2.05) is 52.0 Å². The number of aliphatic imine (C=N–C) groups is 1. The van der Waals surface area contributed by atoms with Gasteiger partial charge in [-0.2, -0.15) is 5.10 Å². The smallest absolute Gasteiger partial charge is 0.273 e. The molecule has 10 nitrogen and oxygen atoms in total. The molecule has 2 N–H and O–H groups in total. The Morgan fingerprint density at radius 2 is 1.73 bits per heavy atom. The van der Waals surface area contributed by atoms with Crippen LogP contribution in [0.1, 0.15) is 64.4 Å². The van der Waals surface area contributed by atoms with Gasteiger partial charge >= 0.3 is 0 Å². The zero-order valence-electron chi connectivity index (χ0n) is 25.8. The number of benzene rings is 3. The molecule has 3 heterocycles. The van der Waals surface area contributed by atoms with Crippen molar-refractivity contribution in [1.82, 2.24) is 9.78 Å². The third kappa shape index (κ3) is 6.41. The van der Waals surface area contributed by atoms with Crippen LogP contribution in [0.15, 0.2) is 77.8 Å². The van der Waals surface area contributed by atoms with Crippen LogP contribution in [0.5, 0.6) is 0 Å². The second-order valence-corrected chi connectivity index (χ2v) is 12.3. The molecule has 45 heavy (non-hydrogen) atoms. The summed E-state index contributed by atoms with van der Waals surface area (Å²) < 4.78 is 7.13. The van der Waals surface area contributed by atoms with Gasteiger partial charge in [-0.1, -0.05) is 24.3 Å². The molecule has 0 saturated carbocycles. The molecule has 0 spiro atoms. The first kappa shape index (κ1) is 30.0. The standard InChI is InChI=1S/C35H36N6O4/c1-22-18-31(41(39-22)35(2,3)4)34(44)37-26-7-5-6-23(19-26)32(42)24-8-13-28-29(33(43)38-30(28)20-24)21-36-25-9-11-27(12-10-25)40-14-16-45-17-15-40/h5-13,18-21,29H,14-17H2,1-4H3,(H,37,44)(H,38,43). The highest BCUT2D eigenvalue weighted by Crippen LogP contribution is 2.34. The Morgan fingerprint density at radius 1 is 1.00 bits per heavy atom. The van der Waals surface area contributed by atoms with Gasteiger partial charge < -0.3 is 20.3 Å². The number of rotatable bonds is 7. The maximum Gasteiger partial charge on any atom is 0.273 e. The highest BCUT2D eigenvalue weighted by molar-refractivity contribution is 6.15. The molecule has 6 rings (SSSR count). The van der Waals surface area contributed by atoms with Gasteiger partial charge in [0, 0.05) is 47.5 Å². The van der Waals surface area contributed by atoms with Crippen LogP contribution in [0.4, 0.5) is 22.7 Å². The second kappa shape index (κ2) is 12.1. The monoisotopic (exact) mass is 604 g/mol. The summed E-state index contributed by atoms with van der Waals surface area (Å²) in [5.41, 5.74) is 5.36. The minimum absolute atomic E-state index is 0.197. The van der Waals surface area contributed by atoms with Crippen LogP contribution < -0.4 is 15.5 Å². The zero-order chi connectivity index (χ0) is 31.7. The minimum atomic E-state index is -0.563. The van der Waals surface area contributed by atoms with E-state index in [0.29, 0.717) is 28.2 Å². The topological polar surface area (TPSA) is 118 Å². The molecule has 2 amide bonds. The Labute approximate surface area is 262 Å². The number of morpholine rings is 1. The Bertz CT molecular complexity index is 1800. The highest BCUT2D eigenvalue weighted by Gasteiger charge is 2.30. The van der Waals surface area contributed by atoms with Crippen molar-refractivity contribution in [3.63, 3.8) is 0 Å². The van der Waals surface area contributed by atoms with E-state index in [2.05, 4.69) is 25.6 Å². The summed E-state index contributed by atoms with van der Waals surface area (Å²) >= 11 is 0. The van der Waals surface area contributed by atoms with Crippen LogP contribution in [-0.2, 0) is 15.1 Å². The van der Waals surface area contributed by atoms with Crippen LogP contribution in [0.3, 0.4) is 0 Å². The largest absolute Gasteiger partial charge is 0.378 e. The van der Waals surface area contributed by atoms with Crippen molar-refractivity contribution in [3.8, 4) is 0 Å². The number of fused-ring (bicyclic) bond motifs is 1. The van der Waals surface area contributed by atoms with Gasteiger partial charge in [0.2, 0.25) is 5.91 Å². The molecule has 1 unspecified atom stereocenters. The van der Waals surface area contributed by atoms with Gasteiger partial charge in [-0.3, -0.25) is 24.1 Å². The molecule has 1 fully saturated rings. The molecular formula is C35H36N6O4. The van der Waals surface area contributed by atoms with E-state index in [1.165, 1.54) is 0 Å². The predicted molar refractivity (Wildman–Crippen MR) is 175 cm³/mol. The van der Waals surface area contributed by atoms with Gasteiger partial charge in [-0.25, -0.2) is 0 Å². The number of carbonyl (C=O) groups is 3. The zero-order valence-corrected chi connectivity index (χ0v) is 25.8. The van der Waals surface area contributed by atoms with Crippen LogP contribution in [0, 0.1) is 6.92 Å². The maximum atomic E-state index is 13.5. The Balaban J connectivity index is 1.15. The molecule has 0 bridgehead atoms. The lowest BCUT2D eigenvalue weighted by atomic mass is 9.97. The third-order valence-corrected chi connectivity index (χ3v) is 7.87. The quantitative estimate of drug-likeness (QED) is 0.206. The van der Waals surface area contributed by atoms with E-state index in [-0.39, 0.29) is 23.1 Å². The number of ether oxygens (including phenoxy) is 1. The molecule has 230 valence electrons. The number of ketones is 1. The van der Waals surface area contributed by atoms with Crippen LogP contribution in [0.2, 0.25) is 0 Å². The maximum absolute atomic E-state index is 13.5. The highest BCUT2D eigenvalue weighted by atomic mass is 16.5. The summed E-state index contributed by atoms with van der Waals surface area (Å²) in [5, 5.41) is 10.3. The van der Waals surface area contributed by atoms with E-state index < -0.39 is 5.92 Å². The number of nitrogens with one attached hydrogen (secondary N) is 2. The number of aromatic nitrogens is 2. The lowest BCUT2D eigenvalue weighted by Gasteiger charge is -2.28. The number of nitrogens with zero attached hydrogens (tertiary/aromatic N) is 4. The summed E-state index contributed by atoms with van der Waals surface area (Å²) in [4.78, 5) is 46.3. The van der Waals surface area contributed by atoms with Crippen molar-refractivity contribution < 1.29 is 19.1 Å². The second-order valence-electron chi connectivity index (χ2n) is 12.3. The van der Waals surface area contributed by atoms with E-state index in [9.17, 15) is 14.4 Å². The molecule has 0 radical (unpaired) electrons. The molecule has 2 aliphatic rings. The lowest BCUT2D eigenvalue weighted by Crippen LogP contribution is -2.36. The Hall–Kier alpha value is -5.09. The summed E-state index contributed by atoms with van der Waals surface area (Å²) in [6, 6.07) is 21.7. The van der Waals surface area contributed by atoms with E-state index in [4.69, 9.17) is 4.74 Å². The van der Waals surface area contributed by atoms with Crippen molar-refractivity contribution in [2.75, 3.05) is 41.8 Å². The number of anilines is 3. The number of aryl methyl sites for hydroxylation is 1. The van der Waals surface area contributed by atoms with Crippen molar-refractivity contribution >= 4 is 46.6 Å². The average molecular weight is 605 g/mol. The van der Waals surface area contributed by atoms with Gasteiger partial charge in [0.25, 0.3) is 5.91 Å².